The number of hydrogen-bond donors (Lipinski definition) is 2. The molecule has 124 valence electrons. The smallest absolute Gasteiger partial charge is 0.273 e. The van der Waals surface area contributed by atoms with Crippen molar-refractivity contribution in [3.8, 4) is 0 Å². The SMILES string of the molecule is O=C(Nc1nnc(C2CCCCC2)s1)c1cc2cccc(Cl)c2[nH]1. The standard InChI is InChI=1S/C17H17ClN4OS/c18-12-8-4-7-11-9-13(19-14(11)12)15(23)20-17-22-21-16(24-17)10-5-2-1-3-6-10/h4,7-10,19H,1-3,5-6H2,(H,20,22,23). The number of benzene rings is 1. The van der Waals surface area contributed by atoms with Crippen LogP contribution in [0.4, 0.5) is 5.13 Å². The van der Waals surface area contributed by atoms with Crippen LogP contribution in [0, 0.1) is 0 Å². The molecule has 3 aromatic rings. The number of amides is 1. The van der Waals surface area contributed by atoms with E-state index in [1.807, 2.05) is 12.1 Å². The van der Waals surface area contributed by atoms with E-state index in [0.717, 1.165) is 15.9 Å². The number of hydrogen-bond acceptors (Lipinski definition) is 4. The molecule has 1 fully saturated rings. The van der Waals surface area contributed by atoms with Crippen LogP contribution in [0.15, 0.2) is 24.3 Å². The molecule has 1 aromatic carbocycles. The Labute approximate surface area is 148 Å². The molecule has 0 radical (unpaired) electrons. The molecule has 2 heterocycles. The maximum Gasteiger partial charge on any atom is 0.273 e. The van der Waals surface area contributed by atoms with Gasteiger partial charge in [-0.15, -0.1) is 10.2 Å². The average molecular weight is 361 g/mol. The summed E-state index contributed by atoms with van der Waals surface area (Å²) in [6, 6.07) is 7.37. The number of anilines is 1. The Morgan fingerprint density at radius 2 is 2.08 bits per heavy atom. The number of rotatable bonds is 3. The number of halogens is 1. The first kappa shape index (κ1) is 15.6. The van der Waals surface area contributed by atoms with Gasteiger partial charge in [-0.1, -0.05) is 54.3 Å². The number of carbonyl (C=O) groups is 1. The van der Waals surface area contributed by atoms with Crippen molar-refractivity contribution in [1.82, 2.24) is 15.2 Å². The molecule has 2 aromatic heterocycles. The van der Waals surface area contributed by atoms with Gasteiger partial charge in [-0.3, -0.25) is 10.1 Å². The lowest BCUT2D eigenvalue weighted by Gasteiger charge is -2.18. The van der Waals surface area contributed by atoms with Gasteiger partial charge < -0.3 is 4.98 Å². The minimum atomic E-state index is -0.228. The number of aromatic amines is 1. The van der Waals surface area contributed by atoms with Gasteiger partial charge >= 0.3 is 0 Å². The van der Waals surface area contributed by atoms with E-state index in [2.05, 4.69) is 20.5 Å². The van der Waals surface area contributed by atoms with E-state index >= 15 is 0 Å². The Hall–Kier alpha value is -1.92. The lowest BCUT2D eigenvalue weighted by Crippen LogP contribution is -2.11. The van der Waals surface area contributed by atoms with Crippen LogP contribution in [0.3, 0.4) is 0 Å². The second kappa shape index (κ2) is 6.53. The molecule has 0 saturated heterocycles. The molecule has 0 unspecified atom stereocenters. The number of aromatic nitrogens is 3. The van der Waals surface area contributed by atoms with Crippen LogP contribution in [0.2, 0.25) is 5.02 Å². The first-order valence-corrected chi connectivity index (χ1v) is 9.32. The van der Waals surface area contributed by atoms with E-state index in [0.29, 0.717) is 21.8 Å². The summed E-state index contributed by atoms with van der Waals surface area (Å²) < 4.78 is 0. The van der Waals surface area contributed by atoms with Crippen LogP contribution in [0.1, 0.15) is 53.5 Å². The number of fused-ring (bicyclic) bond motifs is 1. The fraction of sp³-hybridized carbons (Fsp3) is 0.353. The quantitative estimate of drug-likeness (QED) is 0.692. The molecule has 4 rings (SSSR count). The summed E-state index contributed by atoms with van der Waals surface area (Å²) in [5, 5.41) is 14.3. The minimum absolute atomic E-state index is 0.228. The first-order valence-electron chi connectivity index (χ1n) is 8.13. The maximum absolute atomic E-state index is 12.4. The Balaban J connectivity index is 1.51. The van der Waals surface area contributed by atoms with Crippen molar-refractivity contribution >= 4 is 44.9 Å². The fourth-order valence-electron chi connectivity index (χ4n) is 3.21. The topological polar surface area (TPSA) is 70.7 Å². The van der Waals surface area contributed by atoms with Crippen molar-refractivity contribution < 1.29 is 4.79 Å². The fourth-order valence-corrected chi connectivity index (χ4v) is 4.34. The predicted octanol–water partition coefficient (Wildman–Crippen LogP) is 4.97. The highest BCUT2D eigenvalue weighted by molar-refractivity contribution is 7.15. The summed E-state index contributed by atoms with van der Waals surface area (Å²) >= 11 is 7.62. The van der Waals surface area contributed by atoms with Crippen molar-refractivity contribution in [3.05, 3.63) is 40.0 Å². The molecule has 2 N–H and O–H groups in total. The Kier molecular flexibility index (Phi) is 4.24. The van der Waals surface area contributed by atoms with Crippen LogP contribution in [-0.4, -0.2) is 21.1 Å². The normalized spacial score (nSPS) is 15.7. The van der Waals surface area contributed by atoms with E-state index < -0.39 is 0 Å². The van der Waals surface area contributed by atoms with Crippen molar-refractivity contribution in [3.63, 3.8) is 0 Å². The lowest BCUT2D eigenvalue weighted by molar-refractivity contribution is 0.102. The third kappa shape index (κ3) is 3.03. The van der Waals surface area contributed by atoms with Gasteiger partial charge in [0.05, 0.1) is 10.5 Å². The molecular formula is C17H17ClN4OS. The average Bonchev–Trinajstić information content (AvgIpc) is 3.23. The summed E-state index contributed by atoms with van der Waals surface area (Å²) in [4.78, 5) is 15.5. The number of nitrogens with zero attached hydrogens (tertiary/aromatic N) is 2. The Morgan fingerprint density at radius 3 is 2.88 bits per heavy atom. The zero-order valence-corrected chi connectivity index (χ0v) is 14.6. The summed E-state index contributed by atoms with van der Waals surface area (Å²) in [6.07, 6.45) is 6.15. The highest BCUT2D eigenvalue weighted by atomic mass is 35.5. The summed E-state index contributed by atoms with van der Waals surface area (Å²) in [5.74, 6) is 0.266. The van der Waals surface area contributed by atoms with Gasteiger partial charge in [0.25, 0.3) is 5.91 Å². The summed E-state index contributed by atoms with van der Waals surface area (Å²) in [6.45, 7) is 0. The predicted molar refractivity (Wildman–Crippen MR) is 97.0 cm³/mol. The summed E-state index contributed by atoms with van der Waals surface area (Å²) in [7, 11) is 0. The zero-order valence-electron chi connectivity index (χ0n) is 13.0. The van der Waals surface area contributed by atoms with Gasteiger partial charge in [0, 0.05) is 11.3 Å². The minimum Gasteiger partial charge on any atom is -0.349 e. The first-order chi connectivity index (χ1) is 11.7. The third-order valence-electron chi connectivity index (χ3n) is 4.47. The number of para-hydroxylation sites is 1. The van der Waals surface area contributed by atoms with Crippen LogP contribution in [-0.2, 0) is 0 Å². The molecule has 0 aliphatic heterocycles. The molecule has 1 saturated carbocycles. The molecule has 1 aliphatic carbocycles. The molecule has 5 nitrogen and oxygen atoms in total. The molecule has 7 heteroatoms. The van der Waals surface area contributed by atoms with Crippen molar-refractivity contribution in [2.45, 2.75) is 38.0 Å². The molecule has 1 amide bonds. The van der Waals surface area contributed by atoms with Gasteiger partial charge in [0.15, 0.2) is 0 Å². The van der Waals surface area contributed by atoms with Gasteiger partial charge in [-0.25, -0.2) is 0 Å². The van der Waals surface area contributed by atoms with E-state index in [1.165, 1.54) is 43.4 Å². The van der Waals surface area contributed by atoms with Gasteiger partial charge in [0.1, 0.15) is 10.7 Å². The van der Waals surface area contributed by atoms with Gasteiger partial charge in [-0.05, 0) is 25.0 Å². The summed E-state index contributed by atoms with van der Waals surface area (Å²) in [5.41, 5.74) is 1.23. The van der Waals surface area contributed by atoms with Crippen LogP contribution >= 0.6 is 22.9 Å². The molecule has 0 spiro atoms. The third-order valence-corrected chi connectivity index (χ3v) is 5.78. The zero-order chi connectivity index (χ0) is 16.5. The van der Waals surface area contributed by atoms with E-state index in [-0.39, 0.29) is 5.91 Å². The maximum atomic E-state index is 12.4. The molecule has 1 aliphatic rings. The highest BCUT2D eigenvalue weighted by Crippen LogP contribution is 2.35. The second-order valence-corrected chi connectivity index (χ2v) is 7.54. The highest BCUT2D eigenvalue weighted by Gasteiger charge is 2.20. The number of carbonyl (C=O) groups excluding carboxylic acids is 1. The van der Waals surface area contributed by atoms with Gasteiger partial charge in [-0.2, -0.15) is 0 Å². The molecular weight excluding hydrogens is 344 g/mol. The molecule has 24 heavy (non-hydrogen) atoms. The van der Waals surface area contributed by atoms with Gasteiger partial charge in [0.2, 0.25) is 5.13 Å². The molecule has 0 bridgehead atoms. The van der Waals surface area contributed by atoms with E-state index in [1.54, 1.807) is 12.1 Å². The van der Waals surface area contributed by atoms with Crippen LogP contribution in [0.5, 0.6) is 0 Å². The van der Waals surface area contributed by atoms with Crippen molar-refractivity contribution in [2.75, 3.05) is 5.32 Å². The monoisotopic (exact) mass is 360 g/mol. The largest absolute Gasteiger partial charge is 0.349 e. The second-order valence-electron chi connectivity index (χ2n) is 6.12. The van der Waals surface area contributed by atoms with Crippen molar-refractivity contribution in [2.24, 2.45) is 0 Å². The van der Waals surface area contributed by atoms with E-state index in [9.17, 15) is 4.79 Å². The Bertz CT molecular complexity index is 882. The van der Waals surface area contributed by atoms with Crippen LogP contribution < -0.4 is 5.32 Å². The molecule has 0 atom stereocenters. The van der Waals surface area contributed by atoms with E-state index in [4.69, 9.17) is 11.6 Å². The van der Waals surface area contributed by atoms with Crippen LogP contribution in [0.25, 0.3) is 10.9 Å². The number of nitrogens with one attached hydrogen (secondary N) is 2. The van der Waals surface area contributed by atoms with Crippen molar-refractivity contribution in [1.29, 1.82) is 0 Å². The number of H-pyrrole nitrogens is 1. The Morgan fingerprint density at radius 1 is 1.25 bits per heavy atom. The lowest BCUT2D eigenvalue weighted by atomic mass is 9.90.